The van der Waals surface area contributed by atoms with Crippen LogP contribution in [0.1, 0.15) is 33.0 Å². The third kappa shape index (κ3) is 5.10. The number of anilines is 2. The molecule has 0 aromatic carbocycles. The summed E-state index contributed by atoms with van der Waals surface area (Å²) in [5, 5.41) is 3.39. The summed E-state index contributed by atoms with van der Waals surface area (Å²) in [4.78, 5) is 8.71. The summed E-state index contributed by atoms with van der Waals surface area (Å²) in [5.41, 5.74) is 2.57. The van der Waals surface area contributed by atoms with Crippen LogP contribution in [0.3, 0.4) is 0 Å². The van der Waals surface area contributed by atoms with Crippen LogP contribution in [0.15, 0.2) is 6.07 Å². The minimum absolute atomic E-state index is 0.397. The number of nitrogens with two attached hydrogens (primary N) is 1. The van der Waals surface area contributed by atoms with Gasteiger partial charge in [0.15, 0.2) is 0 Å². The largest absolute Gasteiger partial charge is 0.367 e. The van der Waals surface area contributed by atoms with Gasteiger partial charge in [0.25, 0.3) is 0 Å². The Hall–Kier alpha value is -1.01. The molecule has 0 amide bonds. The van der Waals surface area contributed by atoms with Crippen molar-refractivity contribution in [3.63, 3.8) is 0 Å². The van der Waals surface area contributed by atoms with E-state index in [1.165, 1.54) is 11.5 Å². The highest BCUT2D eigenvalue weighted by Gasteiger charge is 2.06. The first-order chi connectivity index (χ1) is 8.69. The topological polar surface area (TPSA) is 75.9 Å². The van der Waals surface area contributed by atoms with Gasteiger partial charge in [-0.3, -0.25) is 0 Å². The maximum atomic E-state index is 5.40. The van der Waals surface area contributed by atoms with Gasteiger partial charge < -0.3 is 10.7 Å². The summed E-state index contributed by atoms with van der Waals surface area (Å²) in [5.74, 6) is 10.0. The Balaban J connectivity index is 2.59. The Morgan fingerprint density at radius 2 is 2.06 bits per heavy atom. The van der Waals surface area contributed by atoms with Crippen molar-refractivity contribution in [2.75, 3.05) is 22.2 Å². The van der Waals surface area contributed by atoms with Crippen LogP contribution in [0.5, 0.6) is 0 Å². The number of aromatic nitrogens is 2. The van der Waals surface area contributed by atoms with E-state index in [9.17, 15) is 0 Å². The van der Waals surface area contributed by atoms with E-state index in [4.69, 9.17) is 5.84 Å². The minimum atomic E-state index is 0.397. The maximum Gasteiger partial charge on any atom is 0.145 e. The van der Waals surface area contributed by atoms with Crippen molar-refractivity contribution in [1.82, 2.24) is 9.97 Å². The summed E-state index contributed by atoms with van der Waals surface area (Å²) in [6.45, 7) is 6.38. The SMILES string of the molecule is CCSCCC(C)Nc1cc(NN)nc(CC)n1. The summed E-state index contributed by atoms with van der Waals surface area (Å²) >= 11 is 1.96. The van der Waals surface area contributed by atoms with Crippen LogP contribution < -0.4 is 16.6 Å². The van der Waals surface area contributed by atoms with Gasteiger partial charge in [0.05, 0.1) is 0 Å². The van der Waals surface area contributed by atoms with Gasteiger partial charge in [0.1, 0.15) is 17.5 Å². The molecule has 6 heteroatoms. The van der Waals surface area contributed by atoms with Crippen molar-refractivity contribution in [3.05, 3.63) is 11.9 Å². The van der Waals surface area contributed by atoms with Gasteiger partial charge in [-0.05, 0) is 24.9 Å². The molecule has 4 N–H and O–H groups in total. The first-order valence-electron chi connectivity index (χ1n) is 6.38. The molecule has 18 heavy (non-hydrogen) atoms. The van der Waals surface area contributed by atoms with Gasteiger partial charge in [0, 0.05) is 18.5 Å². The number of hydrazine groups is 1. The smallest absolute Gasteiger partial charge is 0.145 e. The molecule has 0 radical (unpaired) electrons. The molecule has 0 aliphatic heterocycles. The van der Waals surface area contributed by atoms with Gasteiger partial charge in [-0.25, -0.2) is 15.8 Å². The van der Waals surface area contributed by atoms with Gasteiger partial charge >= 0.3 is 0 Å². The van der Waals surface area contributed by atoms with Crippen LogP contribution >= 0.6 is 11.8 Å². The normalized spacial score (nSPS) is 12.2. The predicted molar refractivity (Wildman–Crippen MR) is 79.9 cm³/mol. The number of nitrogens with zero attached hydrogens (tertiary/aromatic N) is 2. The number of rotatable bonds is 8. The van der Waals surface area contributed by atoms with Crippen molar-refractivity contribution >= 4 is 23.4 Å². The fourth-order valence-electron chi connectivity index (χ4n) is 1.53. The van der Waals surface area contributed by atoms with E-state index in [2.05, 4.69) is 34.6 Å². The van der Waals surface area contributed by atoms with Crippen molar-refractivity contribution in [2.24, 2.45) is 5.84 Å². The zero-order chi connectivity index (χ0) is 13.4. The van der Waals surface area contributed by atoms with E-state index in [1.54, 1.807) is 0 Å². The molecule has 102 valence electrons. The van der Waals surface area contributed by atoms with Crippen LogP contribution in [0.25, 0.3) is 0 Å². The molecule has 0 saturated carbocycles. The molecule has 1 rings (SSSR count). The van der Waals surface area contributed by atoms with Crippen molar-refractivity contribution in [3.8, 4) is 0 Å². The van der Waals surface area contributed by atoms with Crippen molar-refractivity contribution in [2.45, 2.75) is 39.7 Å². The average Bonchev–Trinajstić information content (AvgIpc) is 2.38. The zero-order valence-electron chi connectivity index (χ0n) is 11.4. The Labute approximate surface area is 113 Å². The second-order valence-electron chi connectivity index (χ2n) is 4.08. The molecule has 0 aliphatic rings. The molecule has 0 spiro atoms. The summed E-state index contributed by atoms with van der Waals surface area (Å²) in [6, 6.07) is 2.23. The summed E-state index contributed by atoms with van der Waals surface area (Å²) < 4.78 is 0. The summed E-state index contributed by atoms with van der Waals surface area (Å²) in [7, 11) is 0. The van der Waals surface area contributed by atoms with E-state index in [0.29, 0.717) is 11.9 Å². The molecular formula is C12H23N5S. The van der Waals surface area contributed by atoms with Crippen LogP contribution in [-0.4, -0.2) is 27.5 Å². The van der Waals surface area contributed by atoms with E-state index in [1.807, 2.05) is 24.8 Å². The standard InChI is InChI=1S/C12H23N5S/c1-4-10-15-11(8-12(16-10)17-13)14-9(3)6-7-18-5-2/h8-9H,4-7,13H2,1-3H3,(H2,14,15,16,17). The van der Waals surface area contributed by atoms with Crippen LogP contribution in [-0.2, 0) is 6.42 Å². The first-order valence-corrected chi connectivity index (χ1v) is 7.53. The zero-order valence-corrected chi connectivity index (χ0v) is 12.2. The third-order valence-electron chi connectivity index (χ3n) is 2.53. The lowest BCUT2D eigenvalue weighted by atomic mass is 10.2. The Morgan fingerprint density at radius 1 is 1.33 bits per heavy atom. The highest BCUT2D eigenvalue weighted by molar-refractivity contribution is 7.99. The number of nitrogens with one attached hydrogen (secondary N) is 2. The molecule has 1 heterocycles. The molecule has 1 aromatic rings. The fraction of sp³-hybridized carbons (Fsp3) is 0.667. The van der Waals surface area contributed by atoms with Crippen LogP contribution in [0.4, 0.5) is 11.6 Å². The number of hydrogen-bond donors (Lipinski definition) is 3. The molecular weight excluding hydrogens is 246 g/mol. The second-order valence-corrected chi connectivity index (χ2v) is 5.48. The molecule has 5 nitrogen and oxygen atoms in total. The van der Waals surface area contributed by atoms with E-state index >= 15 is 0 Å². The van der Waals surface area contributed by atoms with Gasteiger partial charge in [-0.1, -0.05) is 13.8 Å². The quantitative estimate of drug-likeness (QED) is 0.382. The minimum Gasteiger partial charge on any atom is -0.367 e. The van der Waals surface area contributed by atoms with E-state index in [0.717, 1.165) is 24.5 Å². The molecule has 0 saturated heterocycles. The Bertz CT molecular complexity index is 336. The lowest BCUT2D eigenvalue weighted by molar-refractivity contribution is 0.762. The number of hydrogen-bond acceptors (Lipinski definition) is 6. The lowest BCUT2D eigenvalue weighted by Crippen LogP contribution is -2.18. The van der Waals surface area contributed by atoms with E-state index < -0.39 is 0 Å². The Kier molecular flexibility index (Phi) is 6.82. The number of aryl methyl sites for hydroxylation is 1. The molecule has 1 unspecified atom stereocenters. The molecule has 0 fully saturated rings. The molecule has 0 aliphatic carbocycles. The average molecular weight is 269 g/mol. The molecule has 1 atom stereocenters. The second kappa shape index (κ2) is 8.16. The molecule has 1 aromatic heterocycles. The highest BCUT2D eigenvalue weighted by Crippen LogP contribution is 2.13. The summed E-state index contributed by atoms with van der Waals surface area (Å²) in [6.07, 6.45) is 1.92. The fourth-order valence-corrected chi connectivity index (χ4v) is 2.34. The first kappa shape index (κ1) is 15.0. The van der Waals surface area contributed by atoms with Gasteiger partial charge in [-0.15, -0.1) is 0 Å². The Morgan fingerprint density at radius 3 is 2.67 bits per heavy atom. The lowest BCUT2D eigenvalue weighted by Gasteiger charge is -2.15. The van der Waals surface area contributed by atoms with Crippen LogP contribution in [0, 0.1) is 0 Å². The van der Waals surface area contributed by atoms with Crippen molar-refractivity contribution in [1.29, 1.82) is 0 Å². The predicted octanol–water partition coefficient (Wildman–Crippen LogP) is 2.27. The highest BCUT2D eigenvalue weighted by atomic mass is 32.2. The molecule has 0 bridgehead atoms. The van der Waals surface area contributed by atoms with Gasteiger partial charge in [0.2, 0.25) is 0 Å². The monoisotopic (exact) mass is 269 g/mol. The number of thioether (sulfide) groups is 1. The maximum absolute atomic E-state index is 5.40. The van der Waals surface area contributed by atoms with E-state index in [-0.39, 0.29) is 0 Å². The third-order valence-corrected chi connectivity index (χ3v) is 3.46. The number of nitrogen functional groups attached to an aromatic ring is 1. The van der Waals surface area contributed by atoms with Crippen LogP contribution in [0.2, 0.25) is 0 Å². The van der Waals surface area contributed by atoms with Gasteiger partial charge in [-0.2, -0.15) is 11.8 Å². The van der Waals surface area contributed by atoms with Crippen molar-refractivity contribution < 1.29 is 0 Å².